The highest BCUT2D eigenvalue weighted by Crippen LogP contribution is 2.38. The van der Waals surface area contributed by atoms with E-state index in [1.165, 1.54) is 0 Å². The first-order chi connectivity index (χ1) is 11.2. The number of carbonyl (C=O) groups is 1. The summed E-state index contributed by atoms with van der Waals surface area (Å²) in [5, 5.41) is 3.39. The van der Waals surface area contributed by atoms with Crippen molar-refractivity contribution in [1.29, 1.82) is 0 Å². The zero-order valence-corrected chi connectivity index (χ0v) is 13.6. The van der Waals surface area contributed by atoms with Crippen LogP contribution in [0.3, 0.4) is 0 Å². The highest BCUT2D eigenvalue weighted by atomic mass is 16.5. The Hall–Kier alpha value is -1.94. The van der Waals surface area contributed by atoms with Gasteiger partial charge < -0.3 is 10.1 Å². The van der Waals surface area contributed by atoms with Crippen molar-refractivity contribution in [2.24, 2.45) is 16.3 Å². The Kier molecular flexibility index (Phi) is 4.91. The molecule has 3 rings (SSSR count). The molecule has 2 aliphatic heterocycles. The molecule has 23 heavy (non-hydrogen) atoms. The smallest absolute Gasteiger partial charge is 0.339 e. The van der Waals surface area contributed by atoms with Gasteiger partial charge in [0, 0.05) is 18.2 Å². The lowest BCUT2D eigenvalue weighted by molar-refractivity contribution is -0.139. The molecule has 4 heteroatoms. The van der Waals surface area contributed by atoms with Gasteiger partial charge in [-0.2, -0.15) is 0 Å². The average molecular weight is 312 g/mol. The van der Waals surface area contributed by atoms with Crippen LogP contribution in [0.1, 0.15) is 25.3 Å². The van der Waals surface area contributed by atoms with E-state index >= 15 is 0 Å². The zero-order valence-electron chi connectivity index (χ0n) is 13.6. The van der Waals surface area contributed by atoms with E-state index in [-0.39, 0.29) is 11.4 Å². The van der Waals surface area contributed by atoms with Gasteiger partial charge in [0.1, 0.15) is 6.61 Å². The lowest BCUT2D eigenvalue weighted by Gasteiger charge is -2.38. The number of carbonyl (C=O) groups excluding carboxylic acids is 1. The van der Waals surface area contributed by atoms with Crippen LogP contribution < -0.4 is 5.32 Å². The summed E-state index contributed by atoms with van der Waals surface area (Å²) in [4.78, 5) is 16.8. The number of rotatable bonds is 4. The fraction of sp³-hybridized carbons (Fsp3) is 0.474. The fourth-order valence-electron chi connectivity index (χ4n) is 3.43. The summed E-state index contributed by atoms with van der Waals surface area (Å²) >= 11 is 0. The number of nitrogens with one attached hydrogen (secondary N) is 1. The molecule has 1 aromatic carbocycles. The minimum atomic E-state index is -0.280. The number of ether oxygens (including phenoxy) is 1. The first-order valence-corrected chi connectivity index (χ1v) is 8.32. The van der Waals surface area contributed by atoms with Crippen molar-refractivity contribution in [2.75, 3.05) is 19.6 Å². The van der Waals surface area contributed by atoms with E-state index in [4.69, 9.17) is 4.74 Å². The van der Waals surface area contributed by atoms with Crippen molar-refractivity contribution < 1.29 is 9.53 Å². The predicted molar refractivity (Wildman–Crippen MR) is 91.4 cm³/mol. The number of dihydropyridines is 1. The minimum absolute atomic E-state index is 0.0437. The van der Waals surface area contributed by atoms with Crippen molar-refractivity contribution >= 4 is 12.2 Å². The summed E-state index contributed by atoms with van der Waals surface area (Å²) in [6.07, 6.45) is 6.02. The maximum absolute atomic E-state index is 12.3. The molecule has 1 saturated heterocycles. The van der Waals surface area contributed by atoms with E-state index in [2.05, 4.69) is 23.3 Å². The number of benzene rings is 1. The second kappa shape index (κ2) is 7.09. The molecule has 0 radical (unpaired) electrons. The van der Waals surface area contributed by atoms with E-state index in [0.717, 1.165) is 38.0 Å². The SMILES string of the molecule is CC1(C2CCNCC2)C=C(C(=O)OCc2ccccc2)C=NC1. The quantitative estimate of drug-likeness (QED) is 0.870. The molecule has 2 aliphatic rings. The van der Waals surface area contributed by atoms with Crippen LogP contribution >= 0.6 is 0 Å². The molecule has 0 spiro atoms. The average Bonchev–Trinajstić information content (AvgIpc) is 2.61. The van der Waals surface area contributed by atoms with Crippen molar-refractivity contribution in [3.8, 4) is 0 Å². The van der Waals surface area contributed by atoms with E-state index in [9.17, 15) is 4.79 Å². The molecule has 2 heterocycles. The van der Waals surface area contributed by atoms with Gasteiger partial charge >= 0.3 is 5.97 Å². The first-order valence-electron chi connectivity index (χ1n) is 8.32. The molecular formula is C19H24N2O2. The molecule has 1 fully saturated rings. The Labute approximate surface area is 137 Å². The number of aliphatic imine (C=N–C) groups is 1. The van der Waals surface area contributed by atoms with E-state index in [1.54, 1.807) is 6.21 Å². The summed E-state index contributed by atoms with van der Waals surface area (Å²) in [6, 6.07) is 9.75. The van der Waals surface area contributed by atoms with Crippen molar-refractivity contribution in [3.63, 3.8) is 0 Å². The molecule has 4 nitrogen and oxygen atoms in total. The first kappa shape index (κ1) is 15.9. The largest absolute Gasteiger partial charge is 0.457 e. The van der Waals surface area contributed by atoms with Gasteiger partial charge in [-0.05, 0) is 37.4 Å². The van der Waals surface area contributed by atoms with Gasteiger partial charge in [-0.1, -0.05) is 43.3 Å². The van der Waals surface area contributed by atoms with Gasteiger partial charge in [0.25, 0.3) is 0 Å². The van der Waals surface area contributed by atoms with Gasteiger partial charge in [-0.15, -0.1) is 0 Å². The molecule has 0 aromatic heterocycles. The van der Waals surface area contributed by atoms with Gasteiger partial charge in [0.2, 0.25) is 0 Å². The molecule has 122 valence electrons. The summed E-state index contributed by atoms with van der Waals surface area (Å²) in [6.45, 7) is 5.36. The minimum Gasteiger partial charge on any atom is -0.457 e. The third kappa shape index (κ3) is 3.88. The number of hydrogen-bond donors (Lipinski definition) is 1. The normalized spacial score (nSPS) is 25.0. The topological polar surface area (TPSA) is 50.7 Å². The van der Waals surface area contributed by atoms with Crippen LogP contribution in [-0.4, -0.2) is 31.8 Å². The Balaban J connectivity index is 1.65. The van der Waals surface area contributed by atoms with Gasteiger partial charge in [-0.25, -0.2) is 4.79 Å². The Morgan fingerprint density at radius 2 is 2.04 bits per heavy atom. The number of hydrogen-bond acceptors (Lipinski definition) is 4. The number of nitrogens with zero attached hydrogens (tertiary/aromatic N) is 1. The molecule has 0 amide bonds. The predicted octanol–water partition coefficient (Wildman–Crippen LogP) is 2.75. The summed E-state index contributed by atoms with van der Waals surface area (Å²) < 4.78 is 5.44. The zero-order chi connectivity index (χ0) is 16.1. The van der Waals surface area contributed by atoms with Gasteiger partial charge in [0.05, 0.1) is 5.57 Å². The lowest BCUT2D eigenvalue weighted by Crippen LogP contribution is -2.39. The maximum atomic E-state index is 12.3. The Morgan fingerprint density at radius 3 is 2.78 bits per heavy atom. The highest BCUT2D eigenvalue weighted by molar-refractivity contribution is 6.10. The lowest BCUT2D eigenvalue weighted by atomic mass is 9.71. The Morgan fingerprint density at radius 1 is 1.30 bits per heavy atom. The van der Waals surface area contributed by atoms with Crippen molar-refractivity contribution in [1.82, 2.24) is 5.32 Å². The molecule has 1 atom stereocenters. The third-order valence-electron chi connectivity index (χ3n) is 4.87. The molecule has 0 bridgehead atoms. The summed E-state index contributed by atoms with van der Waals surface area (Å²) in [5.74, 6) is 0.288. The molecule has 0 saturated carbocycles. The van der Waals surface area contributed by atoms with Crippen LogP contribution in [-0.2, 0) is 16.1 Å². The van der Waals surface area contributed by atoms with Crippen LogP contribution in [0.25, 0.3) is 0 Å². The van der Waals surface area contributed by atoms with Crippen molar-refractivity contribution in [2.45, 2.75) is 26.4 Å². The molecule has 0 aliphatic carbocycles. The third-order valence-corrected chi connectivity index (χ3v) is 4.87. The summed E-state index contributed by atoms with van der Waals surface area (Å²) in [5.41, 5.74) is 1.54. The Bertz CT molecular complexity index is 603. The van der Waals surface area contributed by atoms with Crippen LogP contribution in [0.15, 0.2) is 47.0 Å². The van der Waals surface area contributed by atoms with Crippen LogP contribution in [0.5, 0.6) is 0 Å². The molecule has 1 N–H and O–H groups in total. The second-order valence-corrected chi connectivity index (χ2v) is 6.66. The van der Waals surface area contributed by atoms with E-state index < -0.39 is 0 Å². The van der Waals surface area contributed by atoms with Crippen LogP contribution in [0.2, 0.25) is 0 Å². The molecular weight excluding hydrogens is 288 g/mol. The molecule has 1 aromatic rings. The molecule has 1 unspecified atom stereocenters. The standard InChI is InChI=1S/C19H24N2O2/c1-19(17-7-9-20-10-8-17)11-16(12-21-14-19)18(22)23-13-15-5-3-2-4-6-15/h2-6,11-12,17,20H,7-10,13-14H2,1H3. The van der Waals surface area contributed by atoms with E-state index in [1.807, 2.05) is 30.3 Å². The van der Waals surface area contributed by atoms with Crippen LogP contribution in [0, 0.1) is 11.3 Å². The fourth-order valence-corrected chi connectivity index (χ4v) is 3.43. The van der Waals surface area contributed by atoms with Gasteiger partial charge in [-0.3, -0.25) is 4.99 Å². The van der Waals surface area contributed by atoms with E-state index in [0.29, 0.717) is 18.1 Å². The summed E-state index contributed by atoms with van der Waals surface area (Å²) in [7, 11) is 0. The van der Waals surface area contributed by atoms with Gasteiger partial charge in [0.15, 0.2) is 0 Å². The number of esters is 1. The number of piperidine rings is 1. The monoisotopic (exact) mass is 312 g/mol. The highest BCUT2D eigenvalue weighted by Gasteiger charge is 2.35. The second-order valence-electron chi connectivity index (χ2n) is 6.66. The van der Waals surface area contributed by atoms with Crippen molar-refractivity contribution in [3.05, 3.63) is 47.5 Å². The van der Waals surface area contributed by atoms with Crippen LogP contribution in [0.4, 0.5) is 0 Å². The maximum Gasteiger partial charge on any atom is 0.339 e.